The molecule has 0 atom stereocenters. The molecule has 1 heterocycles. The monoisotopic (exact) mass is 404 g/mol. The highest BCUT2D eigenvalue weighted by Gasteiger charge is 2.12. The van der Waals surface area contributed by atoms with E-state index in [1.807, 2.05) is 18.2 Å². The van der Waals surface area contributed by atoms with Gasteiger partial charge in [-0.2, -0.15) is 0 Å². The summed E-state index contributed by atoms with van der Waals surface area (Å²) in [4.78, 5) is 14.1. The van der Waals surface area contributed by atoms with Crippen LogP contribution in [-0.2, 0) is 4.74 Å². The van der Waals surface area contributed by atoms with E-state index in [1.54, 1.807) is 0 Å². The normalized spacial score (nSPS) is 15.9. The van der Waals surface area contributed by atoms with Crippen LogP contribution in [0.15, 0.2) is 27.1 Å². The van der Waals surface area contributed by atoms with Crippen LogP contribution in [0.25, 0.3) is 0 Å². The van der Waals surface area contributed by atoms with E-state index < -0.39 is 6.09 Å². The summed E-state index contributed by atoms with van der Waals surface area (Å²) in [5.74, 6) is 0. The maximum Gasteiger partial charge on any atom is 0.411 e. The maximum atomic E-state index is 11.8. The molecular weight excluding hydrogens is 388 g/mol. The minimum Gasteiger partial charge on any atom is -0.448 e. The second-order valence-corrected chi connectivity index (χ2v) is 6.47. The molecule has 1 aromatic rings. The van der Waals surface area contributed by atoms with Crippen LogP contribution in [0.1, 0.15) is 19.3 Å². The SMILES string of the molecule is O=C(Nc1c(Br)cccc1Br)OCCN1CCCCC1. The van der Waals surface area contributed by atoms with Gasteiger partial charge >= 0.3 is 6.09 Å². The van der Waals surface area contributed by atoms with Crippen LogP contribution >= 0.6 is 31.9 Å². The smallest absolute Gasteiger partial charge is 0.411 e. The number of anilines is 1. The Morgan fingerprint density at radius 3 is 2.50 bits per heavy atom. The molecule has 110 valence electrons. The molecule has 0 bridgehead atoms. The highest BCUT2D eigenvalue weighted by molar-refractivity contribution is 9.11. The molecule has 2 rings (SSSR count). The molecule has 1 fully saturated rings. The van der Waals surface area contributed by atoms with E-state index in [0.717, 1.165) is 28.6 Å². The Balaban J connectivity index is 1.75. The van der Waals surface area contributed by atoms with Crippen molar-refractivity contribution in [2.75, 3.05) is 31.6 Å². The van der Waals surface area contributed by atoms with E-state index >= 15 is 0 Å². The Morgan fingerprint density at radius 1 is 1.20 bits per heavy atom. The number of hydrogen-bond acceptors (Lipinski definition) is 3. The zero-order valence-corrected chi connectivity index (χ0v) is 14.4. The zero-order chi connectivity index (χ0) is 14.4. The lowest BCUT2D eigenvalue weighted by molar-refractivity contribution is 0.131. The third kappa shape index (κ3) is 4.75. The Morgan fingerprint density at radius 2 is 1.85 bits per heavy atom. The Bertz CT molecular complexity index is 442. The Labute approximate surface area is 136 Å². The third-order valence-corrected chi connectivity index (χ3v) is 4.60. The number of para-hydroxylation sites is 1. The van der Waals surface area contributed by atoms with E-state index in [-0.39, 0.29) is 0 Å². The van der Waals surface area contributed by atoms with E-state index in [9.17, 15) is 4.79 Å². The number of carbonyl (C=O) groups excluding carboxylic acids is 1. The summed E-state index contributed by atoms with van der Waals surface area (Å²) in [6.07, 6.45) is 3.38. The van der Waals surface area contributed by atoms with Gasteiger partial charge in [0.15, 0.2) is 0 Å². The van der Waals surface area contributed by atoms with Crippen molar-refractivity contribution in [2.24, 2.45) is 0 Å². The average molecular weight is 406 g/mol. The van der Waals surface area contributed by atoms with Crippen molar-refractivity contribution in [1.29, 1.82) is 0 Å². The topological polar surface area (TPSA) is 41.6 Å². The quantitative estimate of drug-likeness (QED) is 0.814. The molecule has 0 spiro atoms. The number of hydrogen-bond donors (Lipinski definition) is 1. The molecule has 1 saturated heterocycles. The number of nitrogens with zero attached hydrogens (tertiary/aromatic N) is 1. The van der Waals surface area contributed by atoms with Crippen LogP contribution in [0, 0.1) is 0 Å². The van der Waals surface area contributed by atoms with Crippen molar-refractivity contribution in [3.05, 3.63) is 27.1 Å². The van der Waals surface area contributed by atoms with Gasteiger partial charge in [-0.25, -0.2) is 4.79 Å². The number of nitrogens with one attached hydrogen (secondary N) is 1. The lowest BCUT2D eigenvalue weighted by Crippen LogP contribution is -2.33. The molecule has 20 heavy (non-hydrogen) atoms. The van der Waals surface area contributed by atoms with Crippen molar-refractivity contribution in [2.45, 2.75) is 19.3 Å². The minimum atomic E-state index is -0.422. The number of ether oxygens (including phenoxy) is 1. The van der Waals surface area contributed by atoms with E-state index in [0.29, 0.717) is 12.3 Å². The molecule has 1 aromatic carbocycles. The van der Waals surface area contributed by atoms with Crippen molar-refractivity contribution >= 4 is 43.6 Å². The number of carbonyl (C=O) groups is 1. The fourth-order valence-corrected chi connectivity index (χ4v) is 3.40. The molecule has 1 amide bonds. The number of rotatable bonds is 4. The second kappa shape index (κ2) is 8.00. The van der Waals surface area contributed by atoms with Crippen LogP contribution in [0.4, 0.5) is 10.5 Å². The molecule has 0 aliphatic carbocycles. The second-order valence-electron chi connectivity index (χ2n) is 4.76. The predicted molar refractivity (Wildman–Crippen MR) is 87.1 cm³/mol. The predicted octanol–water partition coefficient (Wildman–Crippen LogP) is 4.25. The summed E-state index contributed by atoms with van der Waals surface area (Å²) in [5.41, 5.74) is 0.690. The minimum absolute atomic E-state index is 0.422. The van der Waals surface area contributed by atoms with Crippen LogP contribution in [0.5, 0.6) is 0 Å². The standard InChI is InChI=1S/C14H18Br2N2O2/c15-11-5-4-6-12(16)13(11)17-14(19)20-10-9-18-7-2-1-3-8-18/h4-6H,1-3,7-10H2,(H,17,19). The summed E-state index contributed by atoms with van der Waals surface area (Å²) < 4.78 is 6.86. The zero-order valence-electron chi connectivity index (χ0n) is 11.2. The lowest BCUT2D eigenvalue weighted by atomic mass is 10.1. The summed E-state index contributed by atoms with van der Waals surface area (Å²) in [6.45, 7) is 3.46. The number of benzene rings is 1. The summed E-state index contributed by atoms with van der Waals surface area (Å²) >= 11 is 6.80. The first-order chi connectivity index (χ1) is 9.66. The number of halogens is 2. The largest absolute Gasteiger partial charge is 0.448 e. The molecule has 0 aromatic heterocycles. The molecule has 1 aliphatic rings. The summed E-state index contributed by atoms with van der Waals surface area (Å²) in [5, 5.41) is 2.74. The number of amides is 1. The van der Waals surface area contributed by atoms with Gasteiger partial charge < -0.3 is 4.74 Å². The van der Waals surface area contributed by atoms with Gasteiger partial charge in [-0.15, -0.1) is 0 Å². The fraction of sp³-hybridized carbons (Fsp3) is 0.500. The van der Waals surface area contributed by atoms with E-state index in [2.05, 4.69) is 42.1 Å². The van der Waals surface area contributed by atoms with Gasteiger partial charge in [0.1, 0.15) is 6.61 Å². The van der Waals surface area contributed by atoms with Crippen LogP contribution in [0.2, 0.25) is 0 Å². The molecule has 6 heteroatoms. The molecule has 1 N–H and O–H groups in total. The van der Waals surface area contributed by atoms with Gasteiger partial charge in [-0.1, -0.05) is 12.5 Å². The van der Waals surface area contributed by atoms with Crippen molar-refractivity contribution in [3.8, 4) is 0 Å². The van der Waals surface area contributed by atoms with Crippen LogP contribution < -0.4 is 5.32 Å². The molecule has 0 saturated carbocycles. The van der Waals surface area contributed by atoms with Crippen LogP contribution in [-0.4, -0.2) is 37.2 Å². The summed E-state index contributed by atoms with van der Waals surface area (Å²) in [6, 6.07) is 5.63. The van der Waals surface area contributed by atoms with E-state index in [1.165, 1.54) is 19.3 Å². The van der Waals surface area contributed by atoms with Gasteiger partial charge in [0.25, 0.3) is 0 Å². The Kier molecular flexibility index (Phi) is 6.32. The molecule has 4 nitrogen and oxygen atoms in total. The lowest BCUT2D eigenvalue weighted by Gasteiger charge is -2.25. The average Bonchev–Trinajstić information content (AvgIpc) is 2.44. The first-order valence-electron chi connectivity index (χ1n) is 6.77. The Hall–Kier alpha value is -0.590. The molecule has 0 unspecified atom stereocenters. The highest BCUT2D eigenvalue weighted by atomic mass is 79.9. The fourth-order valence-electron chi connectivity index (χ4n) is 2.21. The van der Waals surface area contributed by atoms with E-state index in [4.69, 9.17) is 4.74 Å². The molecule has 1 aliphatic heterocycles. The molecule has 0 radical (unpaired) electrons. The summed E-state index contributed by atoms with van der Waals surface area (Å²) in [7, 11) is 0. The first kappa shape index (κ1) is 15.8. The third-order valence-electron chi connectivity index (χ3n) is 3.28. The number of likely N-dealkylation sites (tertiary alicyclic amines) is 1. The van der Waals surface area contributed by atoms with Crippen molar-refractivity contribution < 1.29 is 9.53 Å². The first-order valence-corrected chi connectivity index (χ1v) is 8.35. The van der Waals surface area contributed by atoms with Gasteiger partial charge in [-0.05, 0) is 69.9 Å². The van der Waals surface area contributed by atoms with Crippen molar-refractivity contribution in [3.63, 3.8) is 0 Å². The van der Waals surface area contributed by atoms with Gasteiger partial charge in [0.05, 0.1) is 5.69 Å². The highest BCUT2D eigenvalue weighted by Crippen LogP contribution is 2.30. The van der Waals surface area contributed by atoms with Gasteiger partial charge in [0.2, 0.25) is 0 Å². The molecular formula is C14H18Br2N2O2. The van der Waals surface area contributed by atoms with Crippen LogP contribution in [0.3, 0.4) is 0 Å². The maximum absolute atomic E-state index is 11.8. The van der Waals surface area contributed by atoms with Crippen molar-refractivity contribution in [1.82, 2.24) is 4.90 Å². The number of piperidine rings is 1. The van der Waals surface area contributed by atoms with Gasteiger partial charge in [0, 0.05) is 15.5 Å². The van der Waals surface area contributed by atoms with Gasteiger partial charge in [-0.3, -0.25) is 10.2 Å².